The number of H-pyrrole nitrogens is 1. The Bertz CT molecular complexity index is 829. The lowest BCUT2D eigenvalue weighted by atomic mass is 10.1. The molecule has 0 bridgehead atoms. The number of aromatic nitrogens is 1. The summed E-state index contributed by atoms with van der Waals surface area (Å²) in [7, 11) is 0. The van der Waals surface area contributed by atoms with Crippen LogP contribution in [-0.2, 0) is 0 Å². The Hall–Kier alpha value is -2.76. The molecule has 3 nitrogen and oxygen atoms in total. The summed E-state index contributed by atoms with van der Waals surface area (Å²) in [5.41, 5.74) is 2.63. The molecule has 3 rings (SSSR count). The van der Waals surface area contributed by atoms with Crippen molar-refractivity contribution in [2.45, 2.75) is 13.3 Å². The van der Waals surface area contributed by atoms with Crippen LogP contribution in [0.5, 0.6) is 5.75 Å². The van der Waals surface area contributed by atoms with Gasteiger partial charge < -0.3 is 4.74 Å². The first-order chi connectivity index (χ1) is 10.9. The summed E-state index contributed by atoms with van der Waals surface area (Å²) in [5, 5.41) is 4.25. The number of hydrogen-bond donors (Lipinski definition) is 1. The molecule has 2 N–H and O–H groups in total. The molecule has 0 saturated heterocycles. The molecule has 0 fully saturated rings. The van der Waals surface area contributed by atoms with Crippen LogP contribution in [0.1, 0.15) is 5.56 Å². The van der Waals surface area contributed by atoms with Crippen LogP contribution in [0, 0.1) is 6.92 Å². The Morgan fingerprint density at radius 2 is 1.70 bits per heavy atom. The fraction of sp³-hybridized carbons (Fsp3) is 0.118. The number of nitrogens with one attached hydrogen (secondary N) is 2. The van der Waals surface area contributed by atoms with Crippen LogP contribution >= 0.6 is 0 Å². The lowest BCUT2D eigenvalue weighted by molar-refractivity contribution is -0.327. The lowest BCUT2D eigenvalue weighted by Crippen LogP contribution is -2.17. The first-order valence-corrected chi connectivity index (χ1v) is 6.95. The zero-order chi connectivity index (χ0) is 16.4. The first-order valence-electron chi connectivity index (χ1n) is 6.95. The SMILES string of the molecule is Cc1cc2ccccc2[nH+]c1Nc1ccc(OC(F)(F)F)cc1. The predicted octanol–water partition coefficient (Wildman–Crippen LogP) is 4.60. The van der Waals surface area contributed by atoms with Crippen LogP contribution in [0.25, 0.3) is 10.9 Å². The molecule has 0 aliphatic heterocycles. The van der Waals surface area contributed by atoms with Crippen LogP contribution in [0.4, 0.5) is 24.7 Å². The van der Waals surface area contributed by atoms with E-state index in [1.807, 2.05) is 37.3 Å². The van der Waals surface area contributed by atoms with Crippen LogP contribution < -0.4 is 15.0 Å². The maximum Gasteiger partial charge on any atom is 0.573 e. The first kappa shape index (κ1) is 15.1. The molecule has 0 spiro atoms. The van der Waals surface area contributed by atoms with E-state index >= 15 is 0 Å². The van der Waals surface area contributed by atoms with Gasteiger partial charge in [0, 0.05) is 10.9 Å². The van der Waals surface area contributed by atoms with Crippen molar-refractivity contribution >= 4 is 22.4 Å². The number of rotatable bonds is 3. The number of hydrogen-bond acceptors (Lipinski definition) is 2. The van der Waals surface area contributed by atoms with Crippen molar-refractivity contribution in [3.63, 3.8) is 0 Å². The fourth-order valence-corrected chi connectivity index (χ4v) is 2.29. The molecule has 3 aromatic rings. The van der Waals surface area contributed by atoms with Crippen LogP contribution in [0.2, 0.25) is 0 Å². The van der Waals surface area contributed by atoms with Gasteiger partial charge in [0.2, 0.25) is 0 Å². The van der Waals surface area contributed by atoms with E-state index in [-0.39, 0.29) is 5.75 Å². The maximum absolute atomic E-state index is 12.1. The van der Waals surface area contributed by atoms with Crippen molar-refractivity contribution in [3.8, 4) is 5.75 Å². The summed E-state index contributed by atoms with van der Waals surface area (Å²) in [6.07, 6.45) is -4.68. The summed E-state index contributed by atoms with van der Waals surface area (Å²) < 4.78 is 40.3. The van der Waals surface area contributed by atoms with E-state index in [0.29, 0.717) is 5.69 Å². The van der Waals surface area contributed by atoms with E-state index in [0.717, 1.165) is 22.3 Å². The summed E-state index contributed by atoms with van der Waals surface area (Å²) in [6, 6.07) is 15.5. The third-order valence-electron chi connectivity index (χ3n) is 3.34. The quantitative estimate of drug-likeness (QED) is 0.765. The molecule has 0 aliphatic rings. The number of anilines is 2. The van der Waals surface area contributed by atoms with Crippen molar-refractivity contribution in [1.29, 1.82) is 0 Å². The van der Waals surface area contributed by atoms with Gasteiger partial charge in [-0.3, -0.25) is 0 Å². The number of fused-ring (bicyclic) bond motifs is 1. The molecular weight excluding hydrogens is 305 g/mol. The molecule has 0 unspecified atom stereocenters. The highest BCUT2D eigenvalue weighted by molar-refractivity contribution is 5.78. The van der Waals surface area contributed by atoms with E-state index in [4.69, 9.17) is 0 Å². The standard InChI is InChI=1S/C17H13F3N2O/c1-11-10-12-4-2-3-5-15(12)22-16(11)21-13-6-8-14(9-7-13)23-17(18,19)20/h2-10H,1H3,(H,21,22)/p+1. The van der Waals surface area contributed by atoms with Crippen molar-refractivity contribution in [2.75, 3.05) is 5.32 Å². The smallest absolute Gasteiger partial charge is 0.406 e. The van der Waals surface area contributed by atoms with E-state index in [2.05, 4.69) is 15.0 Å². The highest BCUT2D eigenvalue weighted by Gasteiger charge is 2.31. The average Bonchev–Trinajstić information content (AvgIpc) is 2.48. The number of para-hydroxylation sites is 1. The second-order valence-corrected chi connectivity index (χ2v) is 5.11. The minimum Gasteiger partial charge on any atom is -0.406 e. The molecular formula is C17H14F3N2O+. The third kappa shape index (κ3) is 3.71. The Morgan fingerprint density at radius 3 is 2.39 bits per heavy atom. The molecule has 0 saturated carbocycles. The van der Waals surface area contributed by atoms with Gasteiger partial charge in [0.05, 0.1) is 0 Å². The van der Waals surface area contributed by atoms with Crippen LogP contribution in [0.3, 0.4) is 0 Å². The van der Waals surface area contributed by atoms with Gasteiger partial charge in [-0.15, -0.1) is 13.2 Å². The molecule has 0 atom stereocenters. The highest BCUT2D eigenvalue weighted by atomic mass is 19.4. The minimum absolute atomic E-state index is 0.248. The van der Waals surface area contributed by atoms with E-state index in [9.17, 15) is 13.2 Å². The second-order valence-electron chi connectivity index (χ2n) is 5.11. The molecule has 0 radical (unpaired) electrons. The summed E-state index contributed by atoms with van der Waals surface area (Å²) in [5.74, 6) is 0.537. The van der Waals surface area contributed by atoms with Gasteiger partial charge in [0.15, 0.2) is 0 Å². The monoisotopic (exact) mass is 319 g/mol. The molecule has 6 heteroatoms. The predicted molar refractivity (Wildman–Crippen MR) is 81.6 cm³/mol. The molecule has 1 aromatic heterocycles. The molecule has 1 heterocycles. The molecule has 0 amide bonds. The topological polar surface area (TPSA) is 35.4 Å². The van der Waals surface area contributed by atoms with E-state index < -0.39 is 6.36 Å². The Morgan fingerprint density at radius 1 is 1.00 bits per heavy atom. The van der Waals surface area contributed by atoms with Crippen molar-refractivity contribution in [3.05, 3.63) is 60.2 Å². The van der Waals surface area contributed by atoms with E-state index in [1.54, 1.807) is 0 Å². The van der Waals surface area contributed by atoms with Crippen molar-refractivity contribution < 1.29 is 22.9 Å². The lowest BCUT2D eigenvalue weighted by Gasteiger charge is -2.09. The second kappa shape index (κ2) is 5.79. The van der Waals surface area contributed by atoms with Gasteiger partial charge in [0.25, 0.3) is 5.82 Å². The Kier molecular flexibility index (Phi) is 3.82. The average molecular weight is 319 g/mol. The number of alkyl halides is 3. The summed E-state index contributed by atoms with van der Waals surface area (Å²) in [6.45, 7) is 1.95. The molecule has 0 aliphatic carbocycles. The van der Waals surface area contributed by atoms with Crippen LogP contribution in [-0.4, -0.2) is 6.36 Å². The van der Waals surface area contributed by atoms with Gasteiger partial charge in [-0.1, -0.05) is 18.2 Å². The fourth-order valence-electron chi connectivity index (χ4n) is 2.29. The maximum atomic E-state index is 12.1. The number of aromatic amines is 1. The third-order valence-corrected chi connectivity index (χ3v) is 3.34. The van der Waals surface area contributed by atoms with Crippen molar-refractivity contribution in [2.24, 2.45) is 0 Å². The zero-order valence-electron chi connectivity index (χ0n) is 12.2. The van der Waals surface area contributed by atoms with Gasteiger partial charge in [-0.05, 0) is 43.3 Å². The largest absolute Gasteiger partial charge is 0.573 e. The summed E-state index contributed by atoms with van der Waals surface area (Å²) >= 11 is 0. The van der Waals surface area contributed by atoms with Gasteiger partial charge in [0.1, 0.15) is 17.0 Å². The molecule has 2 aromatic carbocycles. The Balaban J connectivity index is 1.83. The molecule has 23 heavy (non-hydrogen) atoms. The number of ether oxygens (including phenoxy) is 1. The summed E-state index contributed by atoms with van der Waals surface area (Å²) in [4.78, 5) is 3.27. The highest BCUT2D eigenvalue weighted by Crippen LogP contribution is 2.25. The van der Waals surface area contributed by atoms with Gasteiger partial charge >= 0.3 is 6.36 Å². The number of pyridine rings is 1. The van der Waals surface area contributed by atoms with Gasteiger partial charge in [-0.2, -0.15) is 0 Å². The Labute approximate surface area is 130 Å². The van der Waals surface area contributed by atoms with Crippen LogP contribution in [0.15, 0.2) is 54.6 Å². The normalized spacial score (nSPS) is 11.5. The van der Waals surface area contributed by atoms with E-state index in [1.165, 1.54) is 24.3 Å². The van der Waals surface area contributed by atoms with Crippen molar-refractivity contribution in [1.82, 2.24) is 0 Å². The number of aryl methyl sites for hydroxylation is 1. The number of halogens is 3. The minimum atomic E-state index is -4.68. The zero-order valence-corrected chi connectivity index (χ0v) is 12.2. The molecule has 118 valence electrons. The van der Waals surface area contributed by atoms with Gasteiger partial charge in [-0.25, -0.2) is 10.3 Å². The number of benzene rings is 2.